The van der Waals surface area contributed by atoms with Crippen LogP contribution in [0.1, 0.15) is 11.1 Å². The molecule has 4 heterocycles. The van der Waals surface area contributed by atoms with Crippen LogP contribution < -0.4 is 15.8 Å². The molecule has 0 aliphatic carbocycles. The van der Waals surface area contributed by atoms with Crippen molar-refractivity contribution in [1.82, 2.24) is 4.48 Å². The van der Waals surface area contributed by atoms with E-state index in [9.17, 15) is 0 Å². The minimum Gasteiger partial charge on any atom is -0.455 e. The van der Waals surface area contributed by atoms with Gasteiger partial charge >= 0.3 is 6.85 Å². The van der Waals surface area contributed by atoms with Crippen LogP contribution in [0.3, 0.4) is 0 Å². The van der Waals surface area contributed by atoms with Gasteiger partial charge in [-0.25, -0.2) is 0 Å². The number of rotatable bonds is 1. The number of anilines is 3. The van der Waals surface area contributed by atoms with Gasteiger partial charge in [-0.05, 0) is 83.1 Å². The van der Waals surface area contributed by atoms with E-state index in [4.69, 9.17) is 4.42 Å². The maximum absolute atomic E-state index is 6.87. The summed E-state index contributed by atoms with van der Waals surface area (Å²) in [5.41, 5.74) is 15.6. The lowest BCUT2D eigenvalue weighted by molar-refractivity contribution is 0.670. The van der Waals surface area contributed by atoms with Gasteiger partial charge in [-0.2, -0.15) is 0 Å². The summed E-state index contributed by atoms with van der Waals surface area (Å²) in [5, 5.41) is 7.41. The number of benzene rings is 7. The predicted molar refractivity (Wildman–Crippen MR) is 194 cm³/mol. The summed E-state index contributed by atoms with van der Waals surface area (Å²) in [4.78, 5) is 2.52. The van der Waals surface area contributed by atoms with Gasteiger partial charge in [-0.3, -0.25) is 0 Å². The Labute approximate surface area is 266 Å². The van der Waals surface area contributed by atoms with E-state index in [1.54, 1.807) is 0 Å². The third kappa shape index (κ3) is 2.95. The SMILES string of the molecule is Cc1cc(C)cc(N2c3cc4c(oc5ccccc54)c4c3B(c3c2ccc2ccccc32)n2c3ccccc3c3cccc-4c32)c1. The molecule has 0 saturated heterocycles. The van der Waals surface area contributed by atoms with Crippen LogP contribution in [0.4, 0.5) is 17.1 Å². The predicted octanol–water partition coefficient (Wildman–Crippen LogP) is 9.88. The average Bonchev–Trinajstić information content (AvgIpc) is 3.62. The van der Waals surface area contributed by atoms with E-state index in [0.717, 1.165) is 21.9 Å². The molecule has 214 valence electrons. The highest BCUT2D eigenvalue weighted by Crippen LogP contribution is 2.49. The first-order chi connectivity index (χ1) is 22.7. The molecule has 2 aliphatic rings. The number of hydrogen-bond donors (Lipinski definition) is 0. The van der Waals surface area contributed by atoms with E-state index in [0.29, 0.717) is 0 Å². The monoisotopic (exact) mass is 586 g/mol. The Morgan fingerprint density at radius 3 is 2.17 bits per heavy atom. The topological polar surface area (TPSA) is 21.3 Å². The molecule has 7 aromatic carbocycles. The van der Waals surface area contributed by atoms with Crippen LogP contribution in [0.15, 0.2) is 132 Å². The summed E-state index contributed by atoms with van der Waals surface area (Å²) < 4.78 is 9.50. The lowest BCUT2D eigenvalue weighted by atomic mass is 9.44. The molecule has 0 amide bonds. The Balaban J connectivity index is 1.43. The number of aromatic nitrogens is 1. The third-order valence-electron chi connectivity index (χ3n) is 10.4. The average molecular weight is 587 g/mol. The molecule has 0 fully saturated rings. The minimum absolute atomic E-state index is 0.0387. The zero-order valence-electron chi connectivity index (χ0n) is 25.5. The lowest BCUT2D eigenvalue weighted by Crippen LogP contribution is -2.57. The maximum Gasteiger partial charge on any atom is 0.333 e. The Bertz CT molecular complexity index is 2780. The van der Waals surface area contributed by atoms with Gasteiger partial charge in [0.15, 0.2) is 0 Å². The second-order valence-electron chi connectivity index (χ2n) is 13.1. The lowest BCUT2D eigenvalue weighted by Gasteiger charge is -2.41. The fourth-order valence-electron chi connectivity index (χ4n) is 8.77. The van der Waals surface area contributed by atoms with Crippen LogP contribution in [0, 0.1) is 13.8 Å². The van der Waals surface area contributed by atoms with Gasteiger partial charge in [0.1, 0.15) is 11.2 Å². The van der Waals surface area contributed by atoms with Crippen LogP contribution in [-0.4, -0.2) is 11.3 Å². The van der Waals surface area contributed by atoms with E-state index in [1.807, 2.05) is 0 Å². The van der Waals surface area contributed by atoms with Crippen LogP contribution in [0.2, 0.25) is 0 Å². The number of aryl methyl sites for hydroxylation is 2. The normalized spacial score (nSPS) is 13.3. The molecule has 4 heteroatoms. The molecule has 2 aromatic heterocycles. The van der Waals surface area contributed by atoms with E-state index < -0.39 is 0 Å². The second-order valence-corrected chi connectivity index (χ2v) is 13.1. The van der Waals surface area contributed by atoms with Crippen molar-refractivity contribution in [1.29, 1.82) is 0 Å². The van der Waals surface area contributed by atoms with E-state index >= 15 is 0 Å². The molecule has 0 N–H and O–H groups in total. The van der Waals surface area contributed by atoms with Crippen molar-refractivity contribution in [2.24, 2.45) is 0 Å². The summed E-state index contributed by atoms with van der Waals surface area (Å²) in [7, 11) is 0. The number of para-hydroxylation sites is 3. The molecule has 0 atom stereocenters. The molecule has 0 radical (unpaired) electrons. The Morgan fingerprint density at radius 1 is 0.565 bits per heavy atom. The summed E-state index contributed by atoms with van der Waals surface area (Å²) in [6.45, 7) is 4.36. The molecule has 9 aromatic rings. The molecule has 3 nitrogen and oxygen atoms in total. The molecule has 0 saturated carbocycles. The number of hydrogen-bond acceptors (Lipinski definition) is 2. The van der Waals surface area contributed by atoms with Gasteiger partial charge < -0.3 is 13.8 Å². The van der Waals surface area contributed by atoms with Gasteiger partial charge in [0, 0.05) is 60.8 Å². The van der Waals surface area contributed by atoms with Gasteiger partial charge in [0.25, 0.3) is 0 Å². The smallest absolute Gasteiger partial charge is 0.333 e. The van der Waals surface area contributed by atoms with Crippen LogP contribution in [0.5, 0.6) is 0 Å². The third-order valence-corrected chi connectivity index (χ3v) is 10.4. The van der Waals surface area contributed by atoms with Gasteiger partial charge in [-0.15, -0.1) is 0 Å². The zero-order valence-corrected chi connectivity index (χ0v) is 25.5. The first-order valence-electron chi connectivity index (χ1n) is 16.1. The standard InChI is InChI=1S/C42H27BN2O/c1-24-20-25(2)22-27(21-24)44-35-19-18-26-10-3-4-11-28(26)39(35)43-40-36(44)23-33-30-13-6-8-17-37(30)46-42(33)38(40)32-15-9-14-31-29-12-5-7-16-34(29)45(43)41(31)32/h3-23H,1-2H3. The second kappa shape index (κ2) is 8.50. The van der Waals surface area contributed by atoms with E-state index in [-0.39, 0.29) is 6.85 Å². The van der Waals surface area contributed by atoms with Crippen molar-refractivity contribution in [3.8, 4) is 11.1 Å². The van der Waals surface area contributed by atoms with Gasteiger partial charge in [-0.1, -0.05) is 91.0 Å². The van der Waals surface area contributed by atoms with E-state index in [1.165, 1.54) is 82.8 Å². The zero-order chi connectivity index (χ0) is 30.3. The fraction of sp³-hybridized carbons (Fsp3) is 0.0476. The van der Waals surface area contributed by atoms with Crippen LogP contribution >= 0.6 is 0 Å². The van der Waals surface area contributed by atoms with Gasteiger partial charge in [0.05, 0.1) is 0 Å². The molecule has 0 unspecified atom stereocenters. The van der Waals surface area contributed by atoms with Crippen LogP contribution in [0.25, 0.3) is 65.6 Å². The summed E-state index contributed by atoms with van der Waals surface area (Å²) in [5.74, 6) is 0. The summed E-state index contributed by atoms with van der Waals surface area (Å²) in [6, 6.07) is 47.1. The van der Waals surface area contributed by atoms with Crippen molar-refractivity contribution in [2.45, 2.75) is 13.8 Å². The Hall–Kier alpha value is -5.74. The minimum atomic E-state index is -0.0387. The quantitative estimate of drug-likeness (QED) is 0.179. The van der Waals surface area contributed by atoms with Crippen molar-refractivity contribution in [2.75, 3.05) is 4.90 Å². The van der Waals surface area contributed by atoms with Crippen LogP contribution in [-0.2, 0) is 0 Å². The molecular weight excluding hydrogens is 559 g/mol. The Kier molecular flexibility index (Phi) is 4.54. The van der Waals surface area contributed by atoms with Crippen molar-refractivity contribution in [3.63, 3.8) is 0 Å². The highest BCUT2D eigenvalue weighted by Gasteiger charge is 2.45. The molecule has 11 rings (SSSR count). The van der Waals surface area contributed by atoms with E-state index in [2.05, 4.69) is 151 Å². The number of fused-ring (bicyclic) bond motifs is 13. The number of furan rings is 1. The van der Waals surface area contributed by atoms with Crippen molar-refractivity contribution in [3.05, 3.63) is 139 Å². The fourth-order valence-corrected chi connectivity index (χ4v) is 8.77. The molecular formula is C42H27BN2O. The highest BCUT2D eigenvalue weighted by atomic mass is 16.3. The Morgan fingerprint density at radius 2 is 1.30 bits per heavy atom. The van der Waals surface area contributed by atoms with Gasteiger partial charge in [0.2, 0.25) is 0 Å². The largest absolute Gasteiger partial charge is 0.455 e. The number of nitrogens with zero attached hydrogens (tertiary/aromatic N) is 2. The first-order valence-corrected chi connectivity index (χ1v) is 16.1. The summed E-state index contributed by atoms with van der Waals surface area (Å²) >= 11 is 0. The molecule has 46 heavy (non-hydrogen) atoms. The highest BCUT2D eigenvalue weighted by molar-refractivity contribution is 6.92. The molecule has 0 bridgehead atoms. The molecule has 2 aliphatic heterocycles. The summed E-state index contributed by atoms with van der Waals surface area (Å²) in [6.07, 6.45) is 0. The maximum atomic E-state index is 6.87. The van der Waals surface area contributed by atoms with Crippen molar-refractivity contribution >= 4 is 89.4 Å². The first kappa shape index (κ1) is 24.6. The van der Waals surface area contributed by atoms with Crippen molar-refractivity contribution < 1.29 is 4.42 Å². The molecule has 0 spiro atoms.